The van der Waals surface area contributed by atoms with Crippen LogP contribution in [0.15, 0.2) is 24.3 Å². The van der Waals surface area contributed by atoms with Crippen molar-refractivity contribution in [2.24, 2.45) is 0 Å². The van der Waals surface area contributed by atoms with Gasteiger partial charge >= 0.3 is 0 Å². The lowest BCUT2D eigenvalue weighted by atomic mass is 10.1. The molecule has 1 aromatic rings. The molecule has 1 aromatic carbocycles. The zero-order valence-electron chi connectivity index (χ0n) is 11.1. The SMILES string of the molecule is CSC(C)CNC(C)c1ccc(OCC#N)cc1. The van der Waals surface area contributed by atoms with E-state index in [2.05, 4.69) is 25.4 Å². The average Bonchev–Trinajstić information content (AvgIpc) is 2.42. The van der Waals surface area contributed by atoms with E-state index < -0.39 is 0 Å². The van der Waals surface area contributed by atoms with Crippen LogP contribution in [0.5, 0.6) is 5.75 Å². The van der Waals surface area contributed by atoms with E-state index >= 15 is 0 Å². The van der Waals surface area contributed by atoms with E-state index in [4.69, 9.17) is 10.00 Å². The van der Waals surface area contributed by atoms with Gasteiger partial charge in [-0.05, 0) is 30.9 Å². The zero-order chi connectivity index (χ0) is 13.4. The van der Waals surface area contributed by atoms with E-state index in [9.17, 15) is 0 Å². The highest BCUT2D eigenvalue weighted by molar-refractivity contribution is 7.99. The van der Waals surface area contributed by atoms with Gasteiger partial charge in [-0.25, -0.2) is 0 Å². The third-order valence-corrected chi connectivity index (χ3v) is 3.77. The van der Waals surface area contributed by atoms with E-state index in [1.54, 1.807) is 0 Å². The summed E-state index contributed by atoms with van der Waals surface area (Å²) in [5.74, 6) is 0.741. The predicted octanol–water partition coefficient (Wildman–Crippen LogP) is 2.99. The van der Waals surface area contributed by atoms with Crippen LogP contribution in [-0.4, -0.2) is 24.7 Å². The molecule has 2 unspecified atom stereocenters. The second-order valence-electron chi connectivity index (χ2n) is 4.19. The first-order valence-electron chi connectivity index (χ1n) is 6.03. The van der Waals surface area contributed by atoms with Crippen LogP contribution in [0.4, 0.5) is 0 Å². The van der Waals surface area contributed by atoms with Gasteiger partial charge in [0.2, 0.25) is 0 Å². The van der Waals surface area contributed by atoms with Crippen molar-refractivity contribution in [1.82, 2.24) is 5.32 Å². The fraction of sp³-hybridized carbons (Fsp3) is 0.500. The number of thioether (sulfide) groups is 1. The van der Waals surface area contributed by atoms with Gasteiger partial charge in [-0.2, -0.15) is 17.0 Å². The summed E-state index contributed by atoms with van der Waals surface area (Å²) < 4.78 is 5.22. The van der Waals surface area contributed by atoms with Gasteiger partial charge in [0.15, 0.2) is 6.61 Å². The summed E-state index contributed by atoms with van der Waals surface area (Å²) in [4.78, 5) is 0. The Morgan fingerprint density at radius 2 is 2.00 bits per heavy atom. The van der Waals surface area contributed by atoms with Crippen molar-refractivity contribution in [3.63, 3.8) is 0 Å². The maximum Gasteiger partial charge on any atom is 0.174 e. The summed E-state index contributed by atoms with van der Waals surface area (Å²) in [5, 5.41) is 12.5. The molecular formula is C14H20N2OS. The summed E-state index contributed by atoms with van der Waals surface area (Å²) in [7, 11) is 0. The van der Waals surface area contributed by atoms with E-state index in [1.807, 2.05) is 42.1 Å². The van der Waals surface area contributed by atoms with Crippen molar-refractivity contribution in [2.75, 3.05) is 19.4 Å². The van der Waals surface area contributed by atoms with Crippen LogP contribution in [-0.2, 0) is 0 Å². The lowest BCUT2D eigenvalue weighted by Crippen LogP contribution is -2.25. The summed E-state index contributed by atoms with van der Waals surface area (Å²) in [6.45, 7) is 5.45. The fourth-order valence-electron chi connectivity index (χ4n) is 1.51. The number of rotatable bonds is 7. The second-order valence-corrected chi connectivity index (χ2v) is 5.47. The monoisotopic (exact) mass is 264 g/mol. The minimum atomic E-state index is 0.0956. The summed E-state index contributed by atoms with van der Waals surface area (Å²) in [5.41, 5.74) is 1.23. The molecule has 1 N–H and O–H groups in total. The lowest BCUT2D eigenvalue weighted by Gasteiger charge is -2.17. The Kier molecular flexibility index (Phi) is 6.63. The topological polar surface area (TPSA) is 45.0 Å². The molecule has 0 aliphatic carbocycles. The van der Waals surface area contributed by atoms with E-state index in [0.29, 0.717) is 11.3 Å². The van der Waals surface area contributed by atoms with Crippen molar-refractivity contribution in [2.45, 2.75) is 25.1 Å². The van der Waals surface area contributed by atoms with Crippen molar-refractivity contribution in [3.05, 3.63) is 29.8 Å². The van der Waals surface area contributed by atoms with Crippen molar-refractivity contribution in [1.29, 1.82) is 5.26 Å². The van der Waals surface area contributed by atoms with Gasteiger partial charge in [0.25, 0.3) is 0 Å². The summed E-state index contributed by atoms with van der Waals surface area (Å²) in [6.07, 6.45) is 2.12. The van der Waals surface area contributed by atoms with Gasteiger partial charge in [-0.15, -0.1) is 0 Å². The Hall–Kier alpha value is -1.18. The third-order valence-electron chi connectivity index (χ3n) is 2.80. The van der Waals surface area contributed by atoms with Crippen LogP contribution >= 0.6 is 11.8 Å². The van der Waals surface area contributed by atoms with Crippen molar-refractivity contribution >= 4 is 11.8 Å². The van der Waals surface area contributed by atoms with Crippen LogP contribution in [0.25, 0.3) is 0 Å². The number of nitrogens with one attached hydrogen (secondary N) is 1. The first kappa shape index (κ1) is 14.9. The molecule has 0 amide bonds. The summed E-state index contributed by atoms with van der Waals surface area (Å²) >= 11 is 1.86. The summed E-state index contributed by atoms with van der Waals surface area (Å²) in [6, 6.07) is 10.2. The van der Waals surface area contributed by atoms with Gasteiger partial charge in [-0.1, -0.05) is 19.1 Å². The smallest absolute Gasteiger partial charge is 0.174 e. The molecule has 0 bridgehead atoms. The third kappa shape index (κ3) is 4.99. The Labute approximate surface area is 114 Å². The number of nitrogens with zero attached hydrogens (tertiary/aromatic N) is 1. The molecule has 3 nitrogen and oxygen atoms in total. The quantitative estimate of drug-likeness (QED) is 0.822. The molecule has 0 spiro atoms. The molecule has 98 valence electrons. The molecule has 0 aliphatic heterocycles. The first-order valence-corrected chi connectivity index (χ1v) is 7.32. The van der Waals surface area contributed by atoms with Gasteiger partial charge in [-0.3, -0.25) is 0 Å². The minimum Gasteiger partial charge on any atom is -0.479 e. The van der Waals surface area contributed by atoms with Gasteiger partial charge in [0.05, 0.1) is 0 Å². The molecule has 0 heterocycles. The Balaban J connectivity index is 2.48. The van der Waals surface area contributed by atoms with Crippen molar-refractivity contribution < 1.29 is 4.74 Å². The van der Waals surface area contributed by atoms with Crippen LogP contribution in [0.2, 0.25) is 0 Å². The highest BCUT2D eigenvalue weighted by Gasteiger charge is 2.06. The first-order chi connectivity index (χ1) is 8.67. The predicted molar refractivity (Wildman–Crippen MR) is 76.9 cm³/mol. The van der Waals surface area contributed by atoms with Gasteiger partial charge in [0.1, 0.15) is 11.8 Å². The molecule has 0 saturated heterocycles. The van der Waals surface area contributed by atoms with E-state index in [-0.39, 0.29) is 6.61 Å². The van der Waals surface area contributed by atoms with Crippen LogP contribution in [0.1, 0.15) is 25.5 Å². The Bertz CT molecular complexity index is 386. The van der Waals surface area contributed by atoms with Crippen LogP contribution in [0, 0.1) is 11.3 Å². The van der Waals surface area contributed by atoms with Crippen LogP contribution < -0.4 is 10.1 Å². The van der Waals surface area contributed by atoms with Gasteiger partial charge < -0.3 is 10.1 Å². The average molecular weight is 264 g/mol. The van der Waals surface area contributed by atoms with Crippen LogP contribution in [0.3, 0.4) is 0 Å². The largest absolute Gasteiger partial charge is 0.479 e. The molecule has 0 fully saturated rings. The number of hydrogen-bond acceptors (Lipinski definition) is 4. The molecule has 1 rings (SSSR count). The highest BCUT2D eigenvalue weighted by Crippen LogP contribution is 2.18. The molecular weight excluding hydrogens is 244 g/mol. The maximum absolute atomic E-state index is 8.43. The molecule has 2 atom stereocenters. The maximum atomic E-state index is 8.43. The molecule has 0 aromatic heterocycles. The number of ether oxygens (including phenoxy) is 1. The number of nitriles is 1. The van der Waals surface area contributed by atoms with E-state index in [1.165, 1.54) is 5.56 Å². The molecule has 0 saturated carbocycles. The molecule has 4 heteroatoms. The zero-order valence-corrected chi connectivity index (χ0v) is 12.0. The molecule has 0 aliphatic rings. The molecule has 0 radical (unpaired) electrons. The second kappa shape index (κ2) is 8.02. The molecule has 18 heavy (non-hydrogen) atoms. The minimum absolute atomic E-state index is 0.0956. The Morgan fingerprint density at radius 3 is 2.56 bits per heavy atom. The number of hydrogen-bond donors (Lipinski definition) is 1. The fourth-order valence-corrected chi connectivity index (χ4v) is 1.78. The van der Waals surface area contributed by atoms with Gasteiger partial charge in [0, 0.05) is 17.8 Å². The number of benzene rings is 1. The lowest BCUT2D eigenvalue weighted by molar-refractivity contribution is 0.368. The van der Waals surface area contributed by atoms with Crippen molar-refractivity contribution in [3.8, 4) is 11.8 Å². The van der Waals surface area contributed by atoms with E-state index in [0.717, 1.165) is 12.3 Å². The Morgan fingerprint density at radius 1 is 1.33 bits per heavy atom. The highest BCUT2D eigenvalue weighted by atomic mass is 32.2. The standard InChI is InChI=1S/C14H20N2OS/c1-11(18-3)10-16-12(2)13-4-6-14(7-5-13)17-9-8-15/h4-7,11-12,16H,9-10H2,1-3H3. The normalized spacial score (nSPS) is 13.7.